The summed E-state index contributed by atoms with van der Waals surface area (Å²) < 4.78 is 24.8. The van der Waals surface area contributed by atoms with Gasteiger partial charge in [-0.2, -0.15) is 0 Å². The molecule has 0 N–H and O–H groups in total. The highest BCUT2D eigenvalue weighted by atomic mass is 79.9. The number of hydrogen-bond acceptors (Lipinski definition) is 2. The van der Waals surface area contributed by atoms with Gasteiger partial charge in [-0.1, -0.05) is 21.5 Å². The SMILES string of the molecule is CC1=CC(Br)=CC=C(S(=O)(=O)C(C)C)C1. The smallest absolute Gasteiger partial charge is 0.177 e. The van der Waals surface area contributed by atoms with Crippen molar-refractivity contribution in [3.05, 3.63) is 33.2 Å². The largest absolute Gasteiger partial charge is 0.224 e. The van der Waals surface area contributed by atoms with E-state index in [9.17, 15) is 8.42 Å². The number of sulfone groups is 1. The highest BCUT2D eigenvalue weighted by Gasteiger charge is 2.22. The summed E-state index contributed by atoms with van der Waals surface area (Å²) in [5.74, 6) is 0. The van der Waals surface area contributed by atoms with Crippen LogP contribution in [0.1, 0.15) is 27.2 Å². The first-order valence-electron chi connectivity index (χ1n) is 4.81. The van der Waals surface area contributed by atoms with Gasteiger partial charge in [0.1, 0.15) is 0 Å². The Morgan fingerprint density at radius 2 is 1.93 bits per heavy atom. The summed E-state index contributed by atoms with van der Waals surface area (Å²) >= 11 is 3.36. The van der Waals surface area contributed by atoms with E-state index < -0.39 is 9.84 Å². The first kappa shape index (κ1) is 12.7. The van der Waals surface area contributed by atoms with E-state index in [1.54, 1.807) is 26.0 Å². The van der Waals surface area contributed by atoms with Gasteiger partial charge in [0.2, 0.25) is 0 Å². The van der Waals surface area contributed by atoms with Crippen molar-refractivity contribution in [3.63, 3.8) is 0 Å². The van der Waals surface area contributed by atoms with E-state index in [-0.39, 0.29) is 5.25 Å². The van der Waals surface area contributed by atoms with Gasteiger partial charge < -0.3 is 0 Å². The van der Waals surface area contributed by atoms with Crippen LogP contribution in [0.25, 0.3) is 0 Å². The third kappa shape index (κ3) is 3.05. The van der Waals surface area contributed by atoms with Crippen molar-refractivity contribution in [2.45, 2.75) is 32.4 Å². The summed E-state index contributed by atoms with van der Waals surface area (Å²) in [4.78, 5) is 0.501. The molecule has 0 saturated heterocycles. The maximum atomic E-state index is 12.0. The number of rotatable bonds is 2. The van der Waals surface area contributed by atoms with Crippen LogP contribution in [-0.2, 0) is 9.84 Å². The molecule has 1 aliphatic carbocycles. The van der Waals surface area contributed by atoms with Crippen LogP contribution in [0.3, 0.4) is 0 Å². The molecule has 0 aromatic carbocycles. The Morgan fingerprint density at radius 1 is 1.33 bits per heavy atom. The minimum absolute atomic E-state index is 0.359. The average Bonchev–Trinajstić information content (AvgIpc) is 2.26. The monoisotopic (exact) mass is 290 g/mol. The lowest BCUT2D eigenvalue weighted by molar-refractivity contribution is 0.592. The maximum Gasteiger partial charge on any atom is 0.177 e. The minimum atomic E-state index is -3.12. The van der Waals surface area contributed by atoms with E-state index in [0.29, 0.717) is 11.3 Å². The first-order valence-corrected chi connectivity index (χ1v) is 7.15. The van der Waals surface area contributed by atoms with Crippen molar-refractivity contribution in [1.82, 2.24) is 0 Å². The summed E-state index contributed by atoms with van der Waals surface area (Å²) in [6.07, 6.45) is 5.92. The van der Waals surface area contributed by atoms with Gasteiger partial charge in [-0.05, 0) is 39.0 Å². The number of halogens is 1. The summed E-state index contributed by atoms with van der Waals surface area (Å²) in [5.41, 5.74) is 1.05. The summed E-state index contributed by atoms with van der Waals surface area (Å²) in [6.45, 7) is 5.35. The third-order valence-electron chi connectivity index (χ3n) is 2.25. The van der Waals surface area contributed by atoms with E-state index in [4.69, 9.17) is 0 Å². The molecule has 2 nitrogen and oxygen atoms in total. The molecule has 0 fully saturated rings. The normalized spacial score (nSPS) is 18.1. The molecule has 84 valence electrons. The first-order chi connectivity index (χ1) is 6.84. The third-order valence-corrected chi connectivity index (χ3v) is 5.00. The Balaban J connectivity index is 3.15. The van der Waals surface area contributed by atoms with Crippen molar-refractivity contribution in [3.8, 4) is 0 Å². The van der Waals surface area contributed by atoms with Crippen LogP contribution >= 0.6 is 15.9 Å². The maximum absolute atomic E-state index is 12.0. The van der Waals surface area contributed by atoms with Crippen LogP contribution in [0, 0.1) is 0 Å². The molecule has 0 radical (unpaired) electrons. The second-order valence-corrected chi connectivity index (χ2v) is 7.42. The molecule has 15 heavy (non-hydrogen) atoms. The molecular weight excluding hydrogens is 276 g/mol. The Hall–Kier alpha value is -0.350. The topological polar surface area (TPSA) is 34.1 Å². The van der Waals surface area contributed by atoms with Crippen molar-refractivity contribution in [1.29, 1.82) is 0 Å². The van der Waals surface area contributed by atoms with Crippen LogP contribution < -0.4 is 0 Å². The predicted octanol–water partition coefficient (Wildman–Crippen LogP) is 3.32. The fourth-order valence-corrected chi connectivity index (χ4v) is 3.15. The zero-order valence-electron chi connectivity index (χ0n) is 9.12. The minimum Gasteiger partial charge on any atom is -0.224 e. The van der Waals surface area contributed by atoms with Crippen LogP contribution in [0.2, 0.25) is 0 Å². The molecule has 4 heteroatoms. The van der Waals surface area contributed by atoms with Crippen LogP contribution in [0.4, 0.5) is 0 Å². The van der Waals surface area contributed by atoms with E-state index in [1.165, 1.54) is 0 Å². The molecule has 0 unspecified atom stereocenters. The second kappa shape index (κ2) is 4.66. The van der Waals surface area contributed by atoms with Crippen LogP contribution in [0.5, 0.6) is 0 Å². The average molecular weight is 291 g/mol. The molecule has 0 aromatic heterocycles. The summed E-state index contributed by atoms with van der Waals surface area (Å²) in [5, 5.41) is -0.359. The standard InChI is InChI=1S/C11H15BrO2S/c1-8(2)15(13,14)11-5-4-10(12)6-9(3)7-11/h4-6,8H,7H2,1-3H3. The van der Waals surface area contributed by atoms with Gasteiger partial charge >= 0.3 is 0 Å². The van der Waals surface area contributed by atoms with Crippen molar-refractivity contribution in [2.24, 2.45) is 0 Å². The van der Waals surface area contributed by atoms with Gasteiger partial charge in [-0.15, -0.1) is 0 Å². The van der Waals surface area contributed by atoms with Gasteiger partial charge in [-0.3, -0.25) is 0 Å². The second-order valence-electron chi connectivity index (χ2n) is 3.95. The van der Waals surface area contributed by atoms with Crippen LogP contribution in [0.15, 0.2) is 33.2 Å². The molecule has 1 rings (SSSR count). The Morgan fingerprint density at radius 3 is 2.47 bits per heavy atom. The van der Waals surface area contributed by atoms with Gasteiger partial charge in [0, 0.05) is 15.8 Å². The van der Waals surface area contributed by atoms with E-state index >= 15 is 0 Å². The molecule has 0 aromatic rings. The molecule has 1 aliphatic rings. The fourth-order valence-electron chi connectivity index (χ4n) is 1.34. The van der Waals surface area contributed by atoms with Gasteiger partial charge in [0.05, 0.1) is 5.25 Å². The van der Waals surface area contributed by atoms with Gasteiger partial charge in [0.15, 0.2) is 9.84 Å². The number of allylic oxidation sites excluding steroid dienone is 6. The predicted molar refractivity (Wildman–Crippen MR) is 67.5 cm³/mol. The van der Waals surface area contributed by atoms with Gasteiger partial charge in [0.25, 0.3) is 0 Å². The Bertz CT molecular complexity index is 439. The molecule has 0 bridgehead atoms. The highest BCUT2D eigenvalue weighted by Crippen LogP contribution is 2.26. The summed E-state index contributed by atoms with van der Waals surface area (Å²) in [6, 6.07) is 0. The summed E-state index contributed by atoms with van der Waals surface area (Å²) in [7, 11) is -3.12. The number of hydrogen-bond donors (Lipinski definition) is 0. The zero-order valence-corrected chi connectivity index (χ0v) is 11.5. The fraction of sp³-hybridized carbons (Fsp3) is 0.455. The van der Waals surface area contributed by atoms with Crippen LogP contribution in [-0.4, -0.2) is 13.7 Å². The quantitative estimate of drug-likeness (QED) is 0.782. The zero-order chi connectivity index (χ0) is 11.6. The van der Waals surface area contributed by atoms with Gasteiger partial charge in [-0.25, -0.2) is 8.42 Å². The van der Waals surface area contributed by atoms with E-state index in [0.717, 1.165) is 10.1 Å². The highest BCUT2D eigenvalue weighted by molar-refractivity contribution is 9.11. The van der Waals surface area contributed by atoms with Crippen molar-refractivity contribution < 1.29 is 8.42 Å². The molecule has 0 aliphatic heterocycles. The molecular formula is C11H15BrO2S. The lowest BCUT2D eigenvalue weighted by atomic mass is 10.2. The molecule has 0 spiro atoms. The Kier molecular flexibility index (Phi) is 3.95. The van der Waals surface area contributed by atoms with Crippen molar-refractivity contribution >= 4 is 25.8 Å². The molecule has 0 atom stereocenters. The molecule has 0 amide bonds. The molecule has 0 heterocycles. The van der Waals surface area contributed by atoms with Crippen molar-refractivity contribution in [2.75, 3.05) is 0 Å². The lowest BCUT2D eigenvalue weighted by Gasteiger charge is -2.10. The van der Waals surface area contributed by atoms with E-state index in [2.05, 4.69) is 15.9 Å². The Labute approximate surface area is 99.8 Å². The lowest BCUT2D eigenvalue weighted by Crippen LogP contribution is -2.16. The molecule has 0 saturated carbocycles. The van der Waals surface area contributed by atoms with E-state index in [1.807, 2.05) is 13.0 Å².